The summed E-state index contributed by atoms with van der Waals surface area (Å²) in [5.74, 6) is 1.07. The third-order valence-corrected chi connectivity index (χ3v) is 6.36. The van der Waals surface area contributed by atoms with Crippen molar-refractivity contribution in [1.29, 1.82) is 0 Å². The van der Waals surface area contributed by atoms with Crippen LogP contribution in [0.15, 0.2) is 30.9 Å². The van der Waals surface area contributed by atoms with Gasteiger partial charge in [0.05, 0.1) is 50.0 Å². The predicted molar refractivity (Wildman–Crippen MR) is 132 cm³/mol. The number of aromatic nitrogens is 4. The monoisotopic (exact) mass is 482 g/mol. The SMILES string of the molecule is CCN1C(=O)NC(COC)CCCCCOc2nc(cn3ccnc23)-c2cc(ncc2OC)[C@H]1C. The molecule has 1 aliphatic heterocycles. The number of carbonyl (C=O) groups excluding carboxylic acids is 1. The smallest absolute Gasteiger partial charge is 0.318 e. The average molecular weight is 483 g/mol. The maximum atomic E-state index is 13.2. The van der Waals surface area contributed by atoms with Crippen molar-refractivity contribution in [3.05, 3.63) is 36.5 Å². The number of hydrogen-bond donors (Lipinski definition) is 1. The topological polar surface area (TPSA) is 103 Å². The molecule has 3 aromatic rings. The molecule has 0 radical (unpaired) electrons. The Bertz CT molecular complexity index is 1150. The van der Waals surface area contributed by atoms with Crippen molar-refractivity contribution in [2.45, 2.75) is 51.6 Å². The van der Waals surface area contributed by atoms with Gasteiger partial charge < -0.3 is 28.8 Å². The molecule has 0 saturated carbocycles. The lowest BCUT2D eigenvalue weighted by Gasteiger charge is -2.30. The number of methoxy groups -OCH3 is 2. The summed E-state index contributed by atoms with van der Waals surface area (Å²) >= 11 is 0. The van der Waals surface area contributed by atoms with Crippen molar-refractivity contribution in [2.75, 3.05) is 34.0 Å². The lowest BCUT2D eigenvalue weighted by Crippen LogP contribution is -2.47. The quantitative estimate of drug-likeness (QED) is 0.602. The molecular formula is C25H34N6O4. The number of fused-ring (bicyclic) bond motifs is 7. The summed E-state index contributed by atoms with van der Waals surface area (Å²) in [5.41, 5.74) is 2.85. The summed E-state index contributed by atoms with van der Waals surface area (Å²) in [6, 6.07) is 1.47. The van der Waals surface area contributed by atoms with Gasteiger partial charge in [0, 0.05) is 37.8 Å². The summed E-state index contributed by atoms with van der Waals surface area (Å²) in [6.45, 7) is 5.47. The molecule has 35 heavy (non-hydrogen) atoms. The first kappa shape index (κ1) is 24.7. The lowest BCUT2D eigenvalue weighted by atomic mass is 10.1. The molecule has 10 nitrogen and oxygen atoms in total. The molecule has 4 bridgehead atoms. The largest absolute Gasteiger partial charge is 0.494 e. The van der Waals surface area contributed by atoms with Gasteiger partial charge in [0.2, 0.25) is 5.65 Å². The van der Waals surface area contributed by atoms with Gasteiger partial charge in [-0.25, -0.2) is 14.8 Å². The molecule has 0 fully saturated rings. The summed E-state index contributed by atoms with van der Waals surface area (Å²) in [7, 11) is 3.26. The van der Waals surface area contributed by atoms with Crippen LogP contribution in [0.25, 0.3) is 16.9 Å². The number of rotatable bonds is 4. The van der Waals surface area contributed by atoms with Gasteiger partial charge in [-0.1, -0.05) is 6.42 Å². The zero-order chi connectivity index (χ0) is 24.8. The molecule has 1 unspecified atom stereocenters. The van der Waals surface area contributed by atoms with E-state index >= 15 is 0 Å². The van der Waals surface area contributed by atoms with Crippen LogP contribution >= 0.6 is 0 Å². The number of pyridine rings is 1. The Kier molecular flexibility index (Phi) is 8.02. The van der Waals surface area contributed by atoms with E-state index in [2.05, 4.69) is 15.3 Å². The van der Waals surface area contributed by atoms with E-state index in [1.54, 1.807) is 31.5 Å². The Morgan fingerprint density at radius 2 is 2.09 bits per heavy atom. The van der Waals surface area contributed by atoms with Gasteiger partial charge in [-0.15, -0.1) is 0 Å². The van der Waals surface area contributed by atoms with Crippen LogP contribution in [0, 0.1) is 0 Å². The van der Waals surface area contributed by atoms with Crippen LogP contribution < -0.4 is 14.8 Å². The van der Waals surface area contributed by atoms with E-state index in [9.17, 15) is 4.79 Å². The second-order valence-electron chi connectivity index (χ2n) is 8.66. The molecule has 3 aromatic heterocycles. The van der Waals surface area contributed by atoms with E-state index < -0.39 is 0 Å². The van der Waals surface area contributed by atoms with E-state index in [4.69, 9.17) is 19.2 Å². The zero-order valence-corrected chi connectivity index (χ0v) is 20.9. The molecular weight excluding hydrogens is 448 g/mol. The van der Waals surface area contributed by atoms with Gasteiger partial charge in [-0.05, 0) is 39.2 Å². The van der Waals surface area contributed by atoms with Crippen LogP contribution in [0.3, 0.4) is 0 Å². The molecule has 1 aliphatic rings. The Morgan fingerprint density at radius 3 is 2.86 bits per heavy atom. The Balaban J connectivity index is 1.78. The fraction of sp³-hybridized carbons (Fsp3) is 0.520. The third kappa shape index (κ3) is 5.48. The number of amides is 2. The van der Waals surface area contributed by atoms with Crippen molar-refractivity contribution in [3.8, 4) is 22.9 Å². The summed E-state index contributed by atoms with van der Waals surface area (Å²) in [6.07, 6.45) is 10.8. The number of imidazole rings is 1. The van der Waals surface area contributed by atoms with E-state index in [1.165, 1.54) is 0 Å². The van der Waals surface area contributed by atoms with Gasteiger partial charge in [0.15, 0.2) is 0 Å². The number of urea groups is 1. The fourth-order valence-electron chi connectivity index (χ4n) is 4.43. The molecule has 0 aliphatic carbocycles. The summed E-state index contributed by atoms with van der Waals surface area (Å²) in [5, 5.41) is 3.15. The highest BCUT2D eigenvalue weighted by Gasteiger charge is 2.25. The minimum Gasteiger partial charge on any atom is -0.494 e. The lowest BCUT2D eigenvalue weighted by molar-refractivity contribution is 0.144. The van der Waals surface area contributed by atoms with Crippen LogP contribution in [-0.4, -0.2) is 70.3 Å². The second kappa shape index (κ2) is 11.4. The van der Waals surface area contributed by atoms with Crippen molar-refractivity contribution in [1.82, 2.24) is 29.6 Å². The van der Waals surface area contributed by atoms with E-state index in [1.807, 2.05) is 36.7 Å². The van der Waals surface area contributed by atoms with Crippen LogP contribution in [0.2, 0.25) is 0 Å². The molecule has 2 amide bonds. The highest BCUT2D eigenvalue weighted by molar-refractivity contribution is 5.75. The number of carbonyl (C=O) groups is 1. The normalized spacial score (nSPS) is 19.7. The van der Waals surface area contributed by atoms with Crippen LogP contribution in [-0.2, 0) is 4.74 Å². The first-order valence-corrected chi connectivity index (χ1v) is 12.1. The third-order valence-electron chi connectivity index (χ3n) is 6.36. The maximum Gasteiger partial charge on any atom is 0.318 e. The van der Waals surface area contributed by atoms with Gasteiger partial charge in [-0.3, -0.25) is 4.98 Å². The van der Waals surface area contributed by atoms with E-state index in [0.29, 0.717) is 42.7 Å². The number of nitrogens with zero attached hydrogens (tertiary/aromatic N) is 5. The Morgan fingerprint density at radius 1 is 1.23 bits per heavy atom. The Labute approximate surface area is 205 Å². The first-order valence-electron chi connectivity index (χ1n) is 12.1. The molecule has 0 spiro atoms. The molecule has 0 saturated heterocycles. The predicted octanol–water partition coefficient (Wildman–Crippen LogP) is 3.86. The van der Waals surface area contributed by atoms with Gasteiger partial charge in [-0.2, -0.15) is 0 Å². The standard InChI is InChI=1S/C25H34N6O4/c1-5-31-17(2)20-13-19(22(34-4)14-27-20)21-15-30-11-10-26-23(30)24(29-21)35-12-8-6-7-9-18(16-33-3)28-25(31)32/h10-11,13-15,17-18H,5-9,12,16H2,1-4H3,(H,28,32)/t17-,18?/m1/s1. The molecule has 1 N–H and O–H groups in total. The highest BCUT2D eigenvalue weighted by Crippen LogP contribution is 2.33. The van der Waals surface area contributed by atoms with Crippen molar-refractivity contribution >= 4 is 11.7 Å². The van der Waals surface area contributed by atoms with Crippen LogP contribution in [0.5, 0.6) is 11.6 Å². The minimum atomic E-state index is -0.267. The van der Waals surface area contributed by atoms with Crippen LogP contribution in [0.1, 0.15) is 51.3 Å². The van der Waals surface area contributed by atoms with Gasteiger partial charge in [0.1, 0.15) is 5.75 Å². The van der Waals surface area contributed by atoms with Crippen molar-refractivity contribution < 1.29 is 19.0 Å². The average Bonchev–Trinajstić information content (AvgIpc) is 3.34. The number of ether oxygens (including phenoxy) is 3. The van der Waals surface area contributed by atoms with Gasteiger partial charge >= 0.3 is 6.03 Å². The number of nitrogens with one attached hydrogen (secondary N) is 1. The summed E-state index contributed by atoms with van der Waals surface area (Å²) in [4.78, 5) is 28.8. The van der Waals surface area contributed by atoms with Crippen molar-refractivity contribution in [3.63, 3.8) is 0 Å². The van der Waals surface area contributed by atoms with Crippen LogP contribution in [0.4, 0.5) is 4.79 Å². The maximum absolute atomic E-state index is 13.2. The summed E-state index contributed by atoms with van der Waals surface area (Å²) < 4.78 is 19.0. The molecule has 4 heterocycles. The molecule has 2 atom stereocenters. The zero-order valence-electron chi connectivity index (χ0n) is 20.9. The van der Waals surface area contributed by atoms with E-state index in [-0.39, 0.29) is 18.1 Å². The number of hydrogen-bond acceptors (Lipinski definition) is 7. The fourth-order valence-corrected chi connectivity index (χ4v) is 4.43. The van der Waals surface area contributed by atoms with Crippen molar-refractivity contribution in [2.24, 2.45) is 0 Å². The molecule has 10 heteroatoms. The second-order valence-corrected chi connectivity index (χ2v) is 8.66. The molecule has 0 aromatic carbocycles. The highest BCUT2D eigenvalue weighted by atomic mass is 16.5. The Hall–Kier alpha value is -3.40. The minimum absolute atomic E-state index is 0.0639. The van der Waals surface area contributed by atoms with E-state index in [0.717, 1.165) is 36.9 Å². The molecule has 4 rings (SSSR count). The van der Waals surface area contributed by atoms with Gasteiger partial charge in [0.25, 0.3) is 5.88 Å². The first-order chi connectivity index (χ1) is 17.0. The molecule has 188 valence electrons.